The summed E-state index contributed by atoms with van der Waals surface area (Å²) in [5, 5.41) is 0. The maximum absolute atomic E-state index is 12.4. The molecule has 1 rings (SSSR count). The normalized spacial score (nSPS) is 15.1. The van der Waals surface area contributed by atoms with Gasteiger partial charge in [-0.1, -0.05) is 13.8 Å². The summed E-state index contributed by atoms with van der Waals surface area (Å²) < 4.78 is 366. The first-order valence-electron chi connectivity index (χ1n) is 21.6. The minimum Gasteiger partial charge on any atom is -0.381 e. The third kappa shape index (κ3) is 27.3. The van der Waals surface area contributed by atoms with Crippen LogP contribution in [0.2, 0.25) is 0 Å². The zero-order valence-electron chi connectivity index (χ0n) is 42.5. The molecule has 0 saturated carbocycles. The highest BCUT2D eigenvalue weighted by Gasteiger charge is 2.61. The van der Waals surface area contributed by atoms with Gasteiger partial charge < -0.3 is 24.5 Å². The van der Waals surface area contributed by atoms with Gasteiger partial charge in [-0.3, -0.25) is 0 Å². The largest absolute Gasteiger partial charge is 0.422 e. The number of allylic oxidation sites excluding steroid dienone is 6. The molecule has 2 atom stereocenters. The minimum absolute atomic E-state index is 0.0952. The number of likely N-dealkylation sites (tertiary alicyclic amines) is 1. The Bertz CT molecular complexity index is 1630. The molecule has 35 heteroatoms. The van der Waals surface area contributed by atoms with Crippen molar-refractivity contribution in [3.05, 3.63) is 33.8 Å². The highest BCUT2D eigenvalue weighted by Crippen LogP contribution is 2.46. The molecule has 0 N–H and O–H groups in total. The molecule has 0 spiro atoms. The van der Waals surface area contributed by atoms with Gasteiger partial charge in [0.15, 0.2) is 28.6 Å². The van der Waals surface area contributed by atoms with E-state index in [9.17, 15) is 132 Å². The van der Waals surface area contributed by atoms with Gasteiger partial charge in [0.1, 0.15) is 0 Å². The number of halogens is 30. The molecule has 458 valence electrons. The molecule has 1 heterocycles. The van der Waals surface area contributed by atoms with Crippen molar-refractivity contribution in [3.63, 3.8) is 0 Å². The fourth-order valence-electron chi connectivity index (χ4n) is 6.78. The number of alkyl halides is 30. The second kappa shape index (κ2) is 29.6. The van der Waals surface area contributed by atoms with E-state index in [0.717, 1.165) is 73.2 Å². The average Bonchev–Trinajstić information content (AvgIpc) is 3.67. The summed E-state index contributed by atoms with van der Waals surface area (Å²) in [5.41, 5.74) is -9.65. The Balaban J connectivity index is -0.000000427. The Labute approximate surface area is 418 Å². The standard InChI is InChI=1S/C9H11F6N.C9H15F6N.C9H13F6N.C7H11F6N.C7H9F6N/c1-6(16-4-2-3-5-16)7(8(10,11)12)9(13,14)15;2*1-4-16(5-2)6(3)7(8(10,11)12)9(13,14)15;2*1-4(14(2)3)5(6(8,9)10)7(11,12)13/h2-5H2,1H3;6-7H,4-5H2,1-3H3;4-5H2,1-3H3;4-5H,1-3H3;1-3H3. The first-order valence-corrected chi connectivity index (χ1v) is 21.6. The van der Waals surface area contributed by atoms with Crippen molar-refractivity contribution >= 4 is 0 Å². The Kier molecular flexibility index (Phi) is 30.7. The molecule has 1 aliphatic heterocycles. The van der Waals surface area contributed by atoms with Crippen LogP contribution < -0.4 is 0 Å². The lowest BCUT2D eigenvalue weighted by Gasteiger charge is -2.35. The summed E-state index contributed by atoms with van der Waals surface area (Å²) in [6.07, 6.45) is -52.0. The summed E-state index contributed by atoms with van der Waals surface area (Å²) >= 11 is 0. The molecule has 1 saturated heterocycles. The highest BCUT2D eigenvalue weighted by molar-refractivity contribution is 5.23. The van der Waals surface area contributed by atoms with E-state index < -0.39 is 119 Å². The lowest BCUT2D eigenvalue weighted by atomic mass is 9.98. The summed E-state index contributed by atoms with van der Waals surface area (Å²) in [4.78, 5) is 4.97. The first-order chi connectivity index (χ1) is 33.2. The van der Waals surface area contributed by atoms with Crippen molar-refractivity contribution in [1.82, 2.24) is 24.5 Å². The van der Waals surface area contributed by atoms with E-state index in [0.29, 0.717) is 12.8 Å². The Hall–Kier alpha value is -3.56. The molecule has 0 bridgehead atoms. The topological polar surface area (TPSA) is 16.2 Å². The van der Waals surface area contributed by atoms with Gasteiger partial charge in [-0.15, -0.1) is 0 Å². The molecule has 0 radical (unpaired) electrons. The molecule has 0 aliphatic carbocycles. The fraction of sp³-hybridized carbons (Fsp3) is 0.854. The summed E-state index contributed by atoms with van der Waals surface area (Å²) in [7, 11) is 4.59. The lowest BCUT2D eigenvalue weighted by Crippen LogP contribution is -2.51. The molecular weight excluding hydrogens is 1130 g/mol. The molecule has 5 nitrogen and oxygen atoms in total. The van der Waals surface area contributed by atoms with Crippen LogP contribution in [0.5, 0.6) is 0 Å². The SMILES string of the molecule is CC(=C(C(F)(F)F)C(F)(F)F)N(C)C.CC(=C(C(F)(F)F)C(F)(F)F)N1CCCC1.CC(C(C(F)(F)F)C(F)(F)F)N(C)C.CCN(CC)C(C)=C(C(F)(F)F)C(F)(F)F.CCN(CC)C(C)C(C(F)(F)F)C(F)(F)F. The Morgan fingerprint density at radius 3 is 0.803 bits per heavy atom. The number of hydrogen-bond donors (Lipinski definition) is 0. The van der Waals surface area contributed by atoms with Crippen LogP contribution in [0.4, 0.5) is 132 Å². The van der Waals surface area contributed by atoms with Crippen LogP contribution in [0.15, 0.2) is 33.8 Å². The summed E-state index contributed by atoms with van der Waals surface area (Å²) in [6.45, 7) is 11.4. The lowest BCUT2D eigenvalue weighted by molar-refractivity contribution is -0.298. The van der Waals surface area contributed by atoms with Crippen LogP contribution in [-0.2, 0) is 0 Å². The average molecular weight is 1190 g/mol. The summed E-state index contributed by atoms with van der Waals surface area (Å²) in [6, 6.07) is -3.23. The van der Waals surface area contributed by atoms with Gasteiger partial charge >= 0.3 is 61.8 Å². The molecule has 1 aliphatic rings. The number of nitrogens with zero attached hydrogens (tertiary/aromatic N) is 5. The van der Waals surface area contributed by atoms with Crippen molar-refractivity contribution in [1.29, 1.82) is 0 Å². The number of rotatable bonds is 11. The van der Waals surface area contributed by atoms with Crippen LogP contribution in [0, 0.1) is 11.8 Å². The van der Waals surface area contributed by atoms with Gasteiger partial charge in [-0.2, -0.15) is 132 Å². The quantitative estimate of drug-likeness (QED) is 0.191. The molecule has 0 aromatic heterocycles. The minimum atomic E-state index is -5.38. The second-order valence-electron chi connectivity index (χ2n) is 16.4. The van der Waals surface area contributed by atoms with E-state index in [4.69, 9.17) is 0 Å². The Morgan fingerprint density at radius 2 is 0.632 bits per heavy atom. The van der Waals surface area contributed by atoms with Gasteiger partial charge in [0.2, 0.25) is 0 Å². The van der Waals surface area contributed by atoms with E-state index in [1.807, 2.05) is 0 Å². The van der Waals surface area contributed by atoms with Gasteiger partial charge in [0.05, 0.1) is 0 Å². The first kappa shape index (κ1) is 78.9. The molecule has 2 unspecified atom stereocenters. The molecule has 76 heavy (non-hydrogen) atoms. The van der Waals surface area contributed by atoms with E-state index >= 15 is 0 Å². The molecule has 0 amide bonds. The van der Waals surface area contributed by atoms with Crippen molar-refractivity contribution in [2.24, 2.45) is 11.8 Å². The third-order valence-electron chi connectivity index (χ3n) is 10.9. The van der Waals surface area contributed by atoms with Crippen LogP contribution in [0.25, 0.3) is 0 Å². The third-order valence-corrected chi connectivity index (χ3v) is 10.9. The predicted molar refractivity (Wildman–Crippen MR) is 219 cm³/mol. The predicted octanol–water partition coefficient (Wildman–Crippen LogP) is 16.3. The number of hydrogen-bond acceptors (Lipinski definition) is 5. The van der Waals surface area contributed by atoms with E-state index in [1.54, 1.807) is 0 Å². The maximum Gasteiger partial charge on any atom is 0.422 e. The maximum atomic E-state index is 12.4. The fourth-order valence-corrected chi connectivity index (χ4v) is 6.78. The second-order valence-corrected chi connectivity index (χ2v) is 16.4. The van der Waals surface area contributed by atoms with Crippen LogP contribution in [-0.4, -0.2) is 166 Å². The van der Waals surface area contributed by atoms with Crippen molar-refractivity contribution in [3.8, 4) is 0 Å². The van der Waals surface area contributed by atoms with E-state index in [-0.39, 0.29) is 39.3 Å². The zero-order valence-corrected chi connectivity index (χ0v) is 42.5. The smallest absolute Gasteiger partial charge is 0.381 e. The highest BCUT2D eigenvalue weighted by atomic mass is 19.5. The van der Waals surface area contributed by atoms with Crippen molar-refractivity contribution in [2.75, 3.05) is 67.5 Å². The van der Waals surface area contributed by atoms with Crippen LogP contribution >= 0.6 is 0 Å². The van der Waals surface area contributed by atoms with Gasteiger partial charge in [-0.05, 0) is 88.5 Å². The Morgan fingerprint density at radius 1 is 0.382 bits per heavy atom. The molecule has 0 aromatic carbocycles. The van der Waals surface area contributed by atoms with Crippen LogP contribution in [0.3, 0.4) is 0 Å². The van der Waals surface area contributed by atoms with Gasteiger partial charge in [-0.25, -0.2) is 0 Å². The van der Waals surface area contributed by atoms with Crippen molar-refractivity contribution < 1.29 is 132 Å². The van der Waals surface area contributed by atoms with Gasteiger partial charge in [0, 0.05) is 69.4 Å². The molecule has 1 fully saturated rings. The summed E-state index contributed by atoms with van der Waals surface area (Å²) in [5.74, 6) is -6.59. The van der Waals surface area contributed by atoms with Crippen LogP contribution in [0.1, 0.15) is 75.2 Å². The zero-order chi connectivity index (χ0) is 62.3. The van der Waals surface area contributed by atoms with Crippen molar-refractivity contribution in [2.45, 2.75) is 149 Å². The van der Waals surface area contributed by atoms with Gasteiger partial charge in [0.25, 0.3) is 0 Å². The molecular formula is C41H59F30N5. The van der Waals surface area contributed by atoms with E-state index in [2.05, 4.69) is 0 Å². The van der Waals surface area contributed by atoms with E-state index in [1.165, 1.54) is 41.8 Å². The molecule has 0 aromatic rings. The monoisotopic (exact) mass is 1190 g/mol.